The molecule has 182 valence electrons. The molecule has 36 heavy (non-hydrogen) atoms. The molecule has 0 aliphatic rings. The second-order valence-corrected chi connectivity index (χ2v) is 8.28. The van der Waals surface area contributed by atoms with Crippen LogP contribution in [0.25, 0.3) is 16.9 Å². The summed E-state index contributed by atoms with van der Waals surface area (Å²) in [6, 6.07) is 17.1. The highest BCUT2D eigenvalue weighted by Crippen LogP contribution is 2.32. The monoisotopic (exact) mass is 508 g/mol. The fourth-order valence-corrected chi connectivity index (χ4v) is 4.03. The van der Waals surface area contributed by atoms with Crippen LogP contribution in [-0.4, -0.2) is 37.4 Å². The fourth-order valence-electron chi connectivity index (χ4n) is 3.82. The van der Waals surface area contributed by atoms with Crippen molar-refractivity contribution < 1.29 is 18.3 Å². The third-order valence-electron chi connectivity index (χ3n) is 5.47. The molecule has 0 aliphatic carbocycles. The molecular weight excluding hydrogens is 490 g/mol. The Morgan fingerprint density at radius 2 is 1.97 bits per heavy atom. The predicted octanol–water partition coefficient (Wildman–Crippen LogP) is 5.49. The van der Waals surface area contributed by atoms with Crippen LogP contribution in [0.4, 0.5) is 14.6 Å². The summed E-state index contributed by atoms with van der Waals surface area (Å²) in [7, 11) is 1.48. The number of ether oxygens (including phenoxy) is 1. The molecule has 0 spiro atoms. The first-order chi connectivity index (χ1) is 17.4. The number of para-hydroxylation sites is 1. The Labute approximate surface area is 209 Å². The molecule has 8 nitrogen and oxygen atoms in total. The minimum Gasteiger partial charge on any atom is -0.496 e. The van der Waals surface area contributed by atoms with Gasteiger partial charge in [0.1, 0.15) is 17.0 Å². The Bertz CT molecular complexity index is 1570. The summed E-state index contributed by atoms with van der Waals surface area (Å²) in [5.74, 6) is 0.171. The minimum atomic E-state index is -2.85. The number of hydrogen-bond donors (Lipinski definition) is 1. The zero-order chi connectivity index (χ0) is 25.2. The second-order valence-electron chi connectivity index (χ2n) is 7.84. The lowest BCUT2D eigenvalue weighted by Gasteiger charge is -2.11. The van der Waals surface area contributed by atoms with E-state index < -0.39 is 18.0 Å². The van der Waals surface area contributed by atoms with E-state index in [9.17, 15) is 13.6 Å². The molecular formula is C25H19ClF2N6O2. The maximum Gasteiger partial charge on any atom is 0.280 e. The lowest BCUT2D eigenvalue weighted by molar-refractivity contribution is 0.102. The highest BCUT2D eigenvalue weighted by atomic mass is 35.5. The first kappa shape index (κ1) is 23.4. The standard InChI is InChI=1S/C25H19ClF2N6O2/c1-36-21-8-3-2-7-17(21)19-12-20(23(27)28)34-24(30-19)18(13-29-34)25(35)31-22-9-10-33(32-22)14-15-5-4-6-16(26)11-15/h2-13,23H,14H2,1H3,(H,31,32,35). The van der Waals surface area contributed by atoms with Gasteiger partial charge >= 0.3 is 0 Å². The van der Waals surface area contributed by atoms with E-state index in [-0.39, 0.29) is 22.7 Å². The zero-order valence-corrected chi connectivity index (χ0v) is 19.7. The van der Waals surface area contributed by atoms with Crippen molar-refractivity contribution in [3.63, 3.8) is 0 Å². The minimum absolute atomic E-state index is 0.00966. The lowest BCUT2D eigenvalue weighted by Crippen LogP contribution is -2.13. The van der Waals surface area contributed by atoms with Gasteiger partial charge < -0.3 is 10.1 Å². The van der Waals surface area contributed by atoms with Crippen molar-refractivity contribution in [1.29, 1.82) is 0 Å². The van der Waals surface area contributed by atoms with Crippen LogP contribution in [0, 0.1) is 0 Å². The van der Waals surface area contributed by atoms with Gasteiger partial charge in [-0.05, 0) is 35.9 Å². The highest BCUT2D eigenvalue weighted by Gasteiger charge is 2.23. The number of halogens is 3. The number of carbonyl (C=O) groups is 1. The van der Waals surface area contributed by atoms with Crippen LogP contribution in [0.5, 0.6) is 5.75 Å². The Morgan fingerprint density at radius 3 is 2.75 bits per heavy atom. The van der Waals surface area contributed by atoms with Crippen molar-refractivity contribution in [3.8, 4) is 17.0 Å². The summed E-state index contributed by atoms with van der Waals surface area (Å²) >= 11 is 6.03. The van der Waals surface area contributed by atoms with Crippen molar-refractivity contribution in [2.45, 2.75) is 13.0 Å². The normalized spacial score (nSPS) is 11.2. The van der Waals surface area contributed by atoms with Gasteiger partial charge in [-0.2, -0.15) is 10.2 Å². The molecule has 0 radical (unpaired) electrons. The SMILES string of the molecule is COc1ccccc1-c1cc(C(F)F)n2ncc(C(=O)Nc3ccn(Cc4cccc(Cl)c4)n3)c2n1. The number of alkyl halides is 2. The smallest absolute Gasteiger partial charge is 0.280 e. The molecule has 1 amide bonds. The Hall–Kier alpha value is -4.31. The number of fused-ring (bicyclic) bond motifs is 1. The number of benzene rings is 2. The highest BCUT2D eigenvalue weighted by molar-refractivity contribution is 6.30. The van der Waals surface area contributed by atoms with Gasteiger partial charge in [-0.15, -0.1) is 0 Å². The van der Waals surface area contributed by atoms with E-state index in [0.717, 1.165) is 10.1 Å². The summed E-state index contributed by atoms with van der Waals surface area (Å²) in [6.45, 7) is 0.453. The van der Waals surface area contributed by atoms with Crippen LogP contribution in [-0.2, 0) is 6.54 Å². The zero-order valence-electron chi connectivity index (χ0n) is 18.9. The third-order valence-corrected chi connectivity index (χ3v) is 5.70. The van der Waals surface area contributed by atoms with Gasteiger partial charge in [-0.3, -0.25) is 9.48 Å². The van der Waals surface area contributed by atoms with E-state index in [0.29, 0.717) is 22.9 Å². The van der Waals surface area contributed by atoms with Crippen molar-refractivity contribution in [2.75, 3.05) is 12.4 Å². The van der Waals surface area contributed by atoms with Crippen molar-refractivity contribution >= 4 is 29.0 Å². The quantitative estimate of drug-likeness (QED) is 0.314. The van der Waals surface area contributed by atoms with E-state index >= 15 is 0 Å². The number of methoxy groups -OCH3 is 1. The first-order valence-electron chi connectivity index (χ1n) is 10.8. The number of nitrogens with one attached hydrogen (secondary N) is 1. The lowest BCUT2D eigenvalue weighted by atomic mass is 10.1. The second kappa shape index (κ2) is 9.74. The molecule has 5 rings (SSSR count). The average molecular weight is 509 g/mol. The molecule has 0 fully saturated rings. The summed E-state index contributed by atoms with van der Waals surface area (Å²) in [5, 5.41) is 11.6. The molecule has 0 aliphatic heterocycles. The average Bonchev–Trinajstić information content (AvgIpc) is 3.50. The molecule has 1 N–H and O–H groups in total. The van der Waals surface area contributed by atoms with E-state index in [1.165, 1.54) is 19.4 Å². The van der Waals surface area contributed by atoms with Crippen LogP contribution in [0.2, 0.25) is 5.02 Å². The number of rotatable bonds is 7. The van der Waals surface area contributed by atoms with Crippen molar-refractivity contribution in [3.05, 3.63) is 94.9 Å². The Morgan fingerprint density at radius 1 is 1.14 bits per heavy atom. The van der Waals surface area contributed by atoms with E-state index in [1.54, 1.807) is 47.3 Å². The van der Waals surface area contributed by atoms with Gasteiger partial charge in [-0.1, -0.05) is 35.9 Å². The summed E-state index contributed by atoms with van der Waals surface area (Å²) < 4.78 is 35.8. The largest absolute Gasteiger partial charge is 0.496 e. The molecule has 11 heteroatoms. The molecule has 3 aromatic heterocycles. The van der Waals surface area contributed by atoms with Gasteiger partial charge in [0.2, 0.25) is 0 Å². The van der Waals surface area contributed by atoms with Gasteiger partial charge in [0.25, 0.3) is 12.3 Å². The summed E-state index contributed by atoms with van der Waals surface area (Å²) in [6.07, 6.45) is 0.0693. The van der Waals surface area contributed by atoms with E-state index in [4.69, 9.17) is 16.3 Å². The van der Waals surface area contributed by atoms with Crippen LogP contribution >= 0.6 is 11.6 Å². The van der Waals surface area contributed by atoms with Gasteiger partial charge in [0.15, 0.2) is 11.5 Å². The molecule has 0 bridgehead atoms. The number of nitrogens with zero attached hydrogens (tertiary/aromatic N) is 5. The molecule has 0 saturated carbocycles. The van der Waals surface area contributed by atoms with Crippen LogP contribution in [0.1, 0.15) is 28.0 Å². The maximum atomic E-state index is 13.9. The van der Waals surface area contributed by atoms with Gasteiger partial charge in [-0.25, -0.2) is 18.3 Å². The van der Waals surface area contributed by atoms with E-state index in [1.807, 2.05) is 18.2 Å². The number of anilines is 1. The fraction of sp³-hybridized carbons (Fsp3) is 0.120. The topological polar surface area (TPSA) is 86.3 Å². The Balaban J connectivity index is 1.46. The van der Waals surface area contributed by atoms with Crippen LogP contribution in [0.3, 0.4) is 0 Å². The van der Waals surface area contributed by atoms with Crippen molar-refractivity contribution in [1.82, 2.24) is 24.4 Å². The molecule has 0 atom stereocenters. The van der Waals surface area contributed by atoms with E-state index in [2.05, 4.69) is 20.5 Å². The number of aromatic nitrogens is 5. The van der Waals surface area contributed by atoms with Crippen LogP contribution in [0.15, 0.2) is 73.1 Å². The molecule has 0 saturated heterocycles. The van der Waals surface area contributed by atoms with Gasteiger partial charge in [0.05, 0.1) is 25.5 Å². The first-order valence-corrected chi connectivity index (χ1v) is 11.2. The maximum absolute atomic E-state index is 13.9. The molecule has 3 heterocycles. The Kier molecular flexibility index (Phi) is 6.34. The number of amides is 1. The summed E-state index contributed by atoms with van der Waals surface area (Å²) in [5.41, 5.74) is 1.30. The molecule has 5 aromatic rings. The van der Waals surface area contributed by atoms with Crippen molar-refractivity contribution in [2.24, 2.45) is 0 Å². The third kappa shape index (κ3) is 4.63. The summed E-state index contributed by atoms with van der Waals surface area (Å²) in [4.78, 5) is 17.5. The predicted molar refractivity (Wildman–Crippen MR) is 131 cm³/mol. The number of hydrogen-bond acceptors (Lipinski definition) is 5. The number of carbonyl (C=O) groups excluding carboxylic acids is 1. The molecule has 0 unspecified atom stereocenters. The van der Waals surface area contributed by atoms with Crippen LogP contribution < -0.4 is 10.1 Å². The van der Waals surface area contributed by atoms with Gasteiger partial charge in [0, 0.05) is 22.8 Å². The molecule has 2 aromatic carbocycles.